The third-order valence-electron chi connectivity index (χ3n) is 5.96. The average Bonchev–Trinajstić information content (AvgIpc) is 2.81. The molecule has 1 heterocycles. The van der Waals surface area contributed by atoms with E-state index in [2.05, 4.69) is 33.9 Å². The summed E-state index contributed by atoms with van der Waals surface area (Å²) in [6.07, 6.45) is 7.31. The Morgan fingerprint density at radius 2 is 1.65 bits per heavy atom. The molecule has 0 aliphatic heterocycles. The Morgan fingerprint density at radius 1 is 1.00 bits per heavy atom. The minimum absolute atomic E-state index is 0.683. The molecule has 4 fully saturated rings. The van der Waals surface area contributed by atoms with Crippen LogP contribution in [0.2, 0.25) is 0 Å². The third kappa shape index (κ3) is 1.80. The molecule has 4 heteroatoms. The number of nitrogens with zero attached hydrogens (tertiary/aromatic N) is 3. The molecule has 110 valence electrons. The molecule has 1 aromatic rings. The van der Waals surface area contributed by atoms with Gasteiger partial charge >= 0.3 is 0 Å². The summed E-state index contributed by atoms with van der Waals surface area (Å²) in [5.74, 6) is 6.75. The minimum atomic E-state index is 0.683. The van der Waals surface area contributed by atoms with E-state index >= 15 is 0 Å². The SMILES string of the molecule is CCNc1nnc(C2C3CC4CC(C3)CC2C4)n1CC. The van der Waals surface area contributed by atoms with Crippen molar-refractivity contribution in [3.8, 4) is 0 Å². The lowest BCUT2D eigenvalue weighted by Gasteiger charge is -2.54. The molecule has 1 aromatic heterocycles. The van der Waals surface area contributed by atoms with Crippen LogP contribution in [0.5, 0.6) is 0 Å². The van der Waals surface area contributed by atoms with Crippen LogP contribution in [0.3, 0.4) is 0 Å². The van der Waals surface area contributed by atoms with Crippen LogP contribution in [-0.2, 0) is 6.54 Å². The summed E-state index contributed by atoms with van der Waals surface area (Å²) < 4.78 is 2.33. The van der Waals surface area contributed by atoms with E-state index in [-0.39, 0.29) is 0 Å². The number of hydrogen-bond donors (Lipinski definition) is 1. The van der Waals surface area contributed by atoms with Gasteiger partial charge in [-0.05, 0) is 69.6 Å². The number of nitrogens with one attached hydrogen (secondary N) is 1. The molecule has 0 aromatic carbocycles. The zero-order chi connectivity index (χ0) is 13.7. The highest BCUT2D eigenvalue weighted by Crippen LogP contribution is 2.59. The van der Waals surface area contributed by atoms with Gasteiger partial charge in [-0.25, -0.2) is 0 Å². The van der Waals surface area contributed by atoms with Gasteiger partial charge in [0.25, 0.3) is 0 Å². The van der Waals surface area contributed by atoms with E-state index < -0.39 is 0 Å². The average molecular weight is 274 g/mol. The Balaban J connectivity index is 1.67. The molecule has 4 aliphatic rings. The van der Waals surface area contributed by atoms with E-state index in [1.54, 1.807) is 0 Å². The monoisotopic (exact) mass is 274 g/mol. The fourth-order valence-electron chi connectivity index (χ4n) is 5.51. The topological polar surface area (TPSA) is 42.7 Å². The molecule has 4 nitrogen and oxygen atoms in total. The van der Waals surface area contributed by atoms with Crippen LogP contribution in [0.25, 0.3) is 0 Å². The summed E-state index contributed by atoms with van der Waals surface area (Å²) in [7, 11) is 0. The molecule has 0 atom stereocenters. The Kier molecular flexibility index (Phi) is 3.00. The molecule has 1 N–H and O–H groups in total. The van der Waals surface area contributed by atoms with Crippen LogP contribution in [0.15, 0.2) is 0 Å². The fourth-order valence-corrected chi connectivity index (χ4v) is 5.51. The smallest absolute Gasteiger partial charge is 0.224 e. The zero-order valence-electron chi connectivity index (χ0n) is 12.7. The number of rotatable bonds is 4. The maximum absolute atomic E-state index is 4.60. The Hall–Kier alpha value is -1.06. The number of anilines is 1. The number of hydrogen-bond acceptors (Lipinski definition) is 3. The van der Waals surface area contributed by atoms with E-state index in [0.29, 0.717) is 5.92 Å². The molecule has 0 amide bonds. The van der Waals surface area contributed by atoms with Crippen molar-refractivity contribution in [2.75, 3.05) is 11.9 Å². The Morgan fingerprint density at radius 3 is 2.20 bits per heavy atom. The van der Waals surface area contributed by atoms with E-state index in [9.17, 15) is 0 Å². The maximum atomic E-state index is 4.60. The molecule has 0 unspecified atom stereocenters. The molecule has 4 aliphatic carbocycles. The Bertz CT molecular complexity index is 465. The second kappa shape index (κ2) is 4.74. The molecular weight excluding hydrogens is 248 g/mol. The molecule has 4 saturated carbocycles. The Labute approximate surface area is 121 Å². The molecule has 20 heavy (non-hydrogen) atoms. The second-order valence-electron chi connectivity index (χ2n) is 7.11. The van der Waals surface area contributed by atoms with Gasteiger partial charge in [0.15, 0.2) is 0 Å². The lowest BCUT2D eigenvalue weighted by Crippen LogP contribution is -2.44. The molecule has 0 spiro atoms. The van der Waals surface area contributed by atoms with E-state index in [0.717, 1.165) is 42.7 Å². The van der Waals surface area contributed by atoms with Crippen LogP contribution in [0.4, 0.5) is 5.95 Å². The summed E-state index contributed by atoms with van der Waals surface area (Å²) in [6, 6.07) is 0. The molecule has 0 radical (unpaired) electrons. The lowest BCUT2D eigenvalue weighted by molar-refractivity contribution is -0.00678. The number of aromatic nitrogens is 3. The first-order valence-electron chi connectivity index (χ1n) is 8.47. The van der Waals surface area contributed by atoms with Gasteiger partial charge in [-0.2, -0.15) is 0 Å². The molecule has 0 saturated heterocycles. The predicted molar refractivity (Wildman–Crippen MR) is 79.6 cm³/mol. The van der Waals surface area contributed by atoms with E-state index in [4.69, 9.17) is 0 Å². The van der Waals surface area contributed by atoms with Crippen LogP contribution < -0.4 is 5.32 Å². The summed E-state index contributed by atoms with van der Waals surface area (Å²) in [6.45, 7) is 6.23. The van der Waals surface area contributed by atoms with Gasteiger partial charge in [-0.3, -0.25) is 4.57 Å². The highest BCUT2D eigenvalue weighted by molar-refractivity contribution is 5.28. The van der Waals surface area contributed by atoms with Gasteiger partial charge in [-0.1, -0.05) is 0 Å². The molecule has 5 rings (SSSR count). The first kappa shape index (κ1) is 12.7. The predicted octanol–water partition coefficient (Wildman–Crippen LogP) is 3.27. The summed E-state index contributed by atoms with van der Waals surface area (Å²) in [5, 5.41) is 12.4. The molecular formula is C16H26N4. The lowest BCUT2D eigenvalue weighted by atomic mass is 9.51. The quantitative estimate of drug-likeness (QED) is 0.916. The van der Waals surface area contributed by atoms with Gasteiger partial charge < -0.3 is 5.32 Å². The highest BCUT2D eigenvalue weighted by Gasteiger charge is 2.50. The highest BCUT2D eigenvalue weighted by atomic mass is 15.4. The van der Waals surface area contributed by atoms with Gasteiger partial charge in [0, 0.05) is 19.0 Å². The van der Waals surface area contributed by atoms with Crippen molar-refractivity contribution in [2.24, 2.45) is 23.7 Å². The summed E-state index contributed by atoms with van der Waals surface area (Å²) >= 11 is 0. The summed E-state index contributed by atoms with van der Waals surface area (Å²) in [4.78, 5) is 0. The standard InChI is InChI=1S/C16H26N4/c1-3-17-16-19-18-15(20(16)4-2)14-12-6-10-5-11(8-12)9-13(14)7-10/h10-14H,3-9H2,1-2H3,(H,17,19). The van der Waals surface area contributed by atoms with Crippen LogP contribution >= 0.6 is 0 Å². The van der Waals surface area contributed by atoms with Gasteiger partial charge in [0.05, 0.1) is 0 Å². The molecule has 4 bridgehead atoms. The maximum Gasteiger partial charge on any atom is 0.224 e. The van der Waals surface area contributed by atoms with E-state index in [1.807, 2.05) is 0 Å². The van der Waals surface area contributed by atoms with Crippen molar-refractivity contribution < 1.29 is 0 Å². The van der Waals surface area contributed by atoms with Crippen molar-refractivity contribution in [1.29, 1.82) is 0 Å². The van der Waals surface area contributed by atoms with Gasteiger partial charge in [-0.15, -0.1) is 10.2 Å². The first-order chi connectivity index (χ1) is 9.80. The first-order valence-corrected chi connectivity index (χ1v) is 8.47. The third-order valence-corrected chi connectivity index (χ3v) is 5.96. The van der Waals surface area contributed by atoms with E-state index in [1.165, 1.54) is 37.9 Å². The van der Waals surface area contributed by atoms with Crippen LogP contribution in [0, 0.1) is 23.7 Å². The van der Waals surface area contributed by atoms with Crippen molar-refractivity contribution in [3.63, 3.8) is 0 Å². The van der Waals surface area contributed by atoms with Crippen molar-refractivity contribution in [3.05, 3.63) is 5.82 Å². The fraction of sp³-hybridized carbons (Fsp3) is 0.875. The second-order valence-corrected chi connectivity index (χ2v) is 7.11. The summed E-state index contributed by atoms with van der Waals surface area (Å²) in [5.41, 5.74) is 0. The van der Waals surface area contributed by atoms with Crippen molar-refractivity contribution >= 4 is 5.95 Å². The van der Waals surface area contributed by atoms with Crippen LogP contribution in [-0.4, -0.2) is 21.3 Å². The van der Waals surface area contributed by atoms with Gasteiger partial charge in [0.2, 0.25) is 5.95 Å². The largest absolute Gasteiger partial charge is 0.355 e. The normalized spacial score (nSPS) is 38.4. The zero-order valence-corrected chi connectivity index (χ0v) is 12.7. The van der Waals surface area contributed by atoms with Crippen molar-refractivity contribution in [2.45, 2.75) is 58.4 Å². The minimum Gasteiger partial charge on any atom is -0.355 e. The van der Waals surface area contributed by atoms with Crippen LogP contribution in [0.1, 0.15) is 57.7 Å². The van der Waals surface area contributed by atoms with Crippen molar-refractivity contribution in [1.82, 2.24) is 14.8 Å². The van der Waals surface area contributed by atoms with Gasteiger partial charge in [0.1, 0.15) is 5.82 Å².